The first-order valence-electron chi connectivity index (χ1n) is 8.97. The molecule has 2 amide bonds. The van der Waals surface area contributed by atoms with Crippen LogP contribution in [0.3, 0.4) is 0 Å². The number of carbonyl (C=O) groups is 2. The van der Waals surface area contributed by atoms with E-state index in [1.807, 2.05) is 0 Å². The number of alkyl carbamates (subject to hydrolysis) is 1. The summed E-state index contributed by atoms with van der Waals surface area (Å²) in [5.41, 5.74) is -0.712. The molecule has 152 valence electrons. The molecule has 10 heteroatoms. The van der Waals surface area contributed by atoms with Crippen molar-refractivity contribution in [1.82, 2.24) is 15.5 Å². The SMILES string of the molecule is CCOP(=O)(CC(NC(=O)OC(C)(C)C)C(=O)N1CCNCC1)OCC. The number of nitrogens with zero attached hydrogens (tertiary/aromatic N) is 1. The molecule has 2 N–H and O–H groups in total. The highest BCUT2D eigenvalue weighted by Crippen LogP contribution is 2.48. The molecule has 0 aromatic carbocycles. The van der Waals surface area contributed by atoms with Crippen molar-refractivity contribution in [3.63, 3.8) is 0 Å². The maximum absolute atomic E-state index is 12.9. The summed E-state index contributed by atoms with van der Waals surface area (Å²) >= 11 is 0. The second kappa shape index (κ2) is 10.3. The maximum atomic E-state index is 12.9. The van der Waals surface area contributed by atoms with Crippen LogP contribution in [0.15, 0.2) is 0 Å². The number of hydrogen-bond donors (Lipinski definition) is 2. The molecule has 1 rings (SSSR count). The van der Waals surface area contributed by atoms with E-state index in [2.05, 4.69) is 10.6 Å². The molecule has 1 unspecified atom stereocenters. The highest BCUT2D eigenvalue weighted by molar-refractivity contribution is 7.54. The monoisotopic (exact) mass is 393 g/mol. The third kappa shape index (κ3) is 8.03. The summed E-state index contributed by atoms with van der Waals surface area (Å²) in [4.78, 5) is 26.7. The van der Waals surface area contributed by atoms with Gasteiger partial charge in [0.25, 0.3) is 0 Å². The van der Waals surface area contributed by atoms with Crippen molar-refractivity contribution in [2.75, 3.05) is 45.6 Å². The smallest absolute Gasteiger partial charge is 0.408 e. The zero-order valence-electron chi connectivity index (χ0n) is 16.4. The van der Waals surface area contributed by atoms with Gasteiger partial charge in [-0.05, 0) is 34.6 Å². The van der Waals surface area contributed by atoms with Gasteiger partial charge in [-0.15, -0.1) is 0 Å². The molecule has 1 saturated heterocycles. The number of ether oxygens (including phenoxy) is 1. The van der Waals surface area contributed by atoms with Crippen molar-refractivity contribution in [1.29, 1.82) is 0 Å². The van der Waals surface area contributed by atoms with E-state index in [1.165, 1.54) is 0 Å². The lowest BCUT2D eigenvalue weighted by Gasteiger charge is -2.32. The molecule has 1 heterocycles. The number of carbonyl (C=O) groups excluding carboxylic acids is 2. The second-order valence-electron chi connectivity index (χ2n) is 6.90. The van der Waals surface area contributed by atoms with Gasteiger partial charge in [0.2, 0.25) is 5.91 Å². The summed E-state index contributed by atoms with van der Waals surface area (Å²) in [6, 6.07) is -1.05. The van der Waals surface area contributed by atoms with Gasteiger partial charge in [-0.3, -0.25) is 9.36 Å². The number of hydrogen-bond acceptors (Lipinski definition) is 7. The average Bonchev–Trinajstić information content (AvgIpc) is 2.53. The molecule has 26 heavy (non-hydrogen) atoms. The van der Waals surface area contributed by atoms with Gasteiger partial charge in [0, 0.05) is 26.2 Å². The van der Waals surface area contributed by atoms with Crippen molar-refractivity contribution in [2.45, 2.75) is 46.3 Å². The van der Waals surface area contributed by atoms with Gasteiger partial charge in [-0.2, -0.15) is 0 Å². The lowest BCUT2D eigenvalue weighted by molar-refractivity contribution is -0.133. The first-order valence-corrected chi connectivity index (χ1v) is 10.7. The maximum Gasteiger partial charge on any atom is 0.408 e. The zero-order valence-corrected chi connectivity index (χ0v) is 17.3. The van der Waals surface area contributed by atoms with Gasteiger partial charge in [0.05, 0.1) is 19.4 Å². The third-order valence-corrected chi connectivity index (χ3v) is 5.59. The van der Waals surface area contributed by atoms with Crippen LogP contribution in [0.1, 0.15) is 34.6 Å². The van der Waals surface area contributed by atoms with Gasteiger partial charge >= 0.3 is 13.7 Å². The van der Waals surface area contributed by atoms with E-state index < -0.39 is 25.3 Å². The Labute approximate surface area is 155 Å². The Morgan fingerprint density at radius 3 is 2.15 bits per heavy atom. The molecular weight excluding hydrogens is 361 g/mol. The van der Waals surface area contributed by atoms with Crippen LogP contribution >= 0.6 is 7.60 Å². The Kier molecular flexibility index (Phi) is 9.03. The highest BCUT2D eigenvalue weighted by Gasteiger charge is 2.36. The summed E-state index contributed by atoms with van der Waals surface area (Å²) in [6.45, 7) is 11.3. The minimum atomic E-state index is -3.52. The standard InChI is InChI=1S/C16H32N3O6P/c1-6-23-26(22,24-7-2)12-13(18-15(21)25-16(3,4)5)14(20)19-10-8-17-9-11-19/h13,17H,6-12H2,1-5H3,(H,18,21). The van der Waals surface area contributed by atoms with Crippen molar-refractivity contribution in [2.24, 2.45) is 0 Å². The average molecular weight is 393 g/mol. The van der Waals surface area contributed by atoms with Crippen LogP contribution in [-0.4, -0.2) is 74.1 Å². The molecular formula is C16H32N3O6P. The van der Waals surface area contributed by atoms with Crippen molar-refractivity contribution >= 4 is 19.6 Å². The van der Waals surface area contributed by atoms with Crippen molar-refractivity contribution in [3.05, 3.63) is 0 Å². The van der Waals surface area contributed by atoms with Crippen LogP contribution in [0.5, 0.6) is 0 Å². The van der Waals surface area contributed by atoms with Gasteiger partial charge in [0.15, 0.2) is 0 Å². The van der Waals surface area contributed by atoms with E-state index in [-0.39, 0.29) is 25.3 Å². The Bertz CT molecular complexity index is 507. The largest absolute Gasteiger partial charge is 0.444 e. The molecule has 0 spiro atoms. The summed E-state index contributed by atoms with van der Waals surface area (Å²) in [5, 5.41) is 5.70. The van der Waals surface area contributed by atoms with E-state index in [9.17, 15) is 14.2 Å². The van der Waals surface area contributed by atoms with E-state index in [0.717, 1.165) is 0 Å². The molecule has 1 fully saturated rings. The Hall–Kier alpha value is -1.15. The van der Waals surface area contributed by atoms with Gasteiger partial charge < -0.3 is 29.3 Å². The van der Waals surface area contributed by atoms with E-state index >= 15 is 0 Å². The summed E-state index contributed by atoms with van der Waals surface area (Å²) < 4.78 is 28.7. The normalized spacial score (nSPS) is 16.9. The summed E-state index contributed by atoms with van der Waals surface area (Å²) in [7, 11) is -3.52. The lowest BCUT2D eigenvalue weighted by atomic mass is 10.2. The molecule has 0 aromatic heterocycles. The Morgan fingerprint density at radius 2 is 1.69 bits per heavy atom. The van der Waals surface area contributed by atoms with Crippen LogP contribution in [0.4, 0.5) is 4.79 Å². The predicted octanol–water partition coefficient (Wildman–Crippen LogP) is 1.58. The number of rotatable bonds is 8. The summed E-state index contributed by atoms with van der Waals surface area (Å²) in [5.74, 6) is -0.322. The van der Waals surface area contributed by atoms with Crippen LogP contribution in [0.2, 0.25) is 0 Å². The molecule has 0 saturated carbocycles. The van der Waals surface area contributed by atoms with Crippen molar-refractivity contribution < 1.29 is 27.9 Å². The predicted molar refractivity (Wildman–Crippen MR) is 98.3 cm³/mol. The molecule has 0 bridgehead atoms. The molecule has 0 radical (unpaired) electrons. The fourth-order valence-corrected chi connectivity index (χ4v) is 4.27. The van der Waals surface area contributed by atoms with E-state index in [4.69, 9.17) is 13.8 Å². The first kappa shape index (κ1) is 22.9. The highest BCUT2D eigenvalue weighted by atomic mass is 31.2. The minimum Gasteiger partial charge on any atom is -0.444 e. The van der Waals surface area contributed by atoms with Crippen LogP contribution in [0, 0.1) is 0 Å². The first-order chi connectivity index (χ1) is 12.1. The van der Waals surface area contributed by atoms with Gasteiger partial charge in [-0.25, -0.2) is 4.79 Å². The third-order valence-electron chi connectivity index (χ3n) is 3.48. The fraction of sp³-hybridized carbons (Fsp3) is 0.875. The molecule has 0 aliphatic carbocycles. The molecule has 1 aliphatic rings. The van der Waals surface area contributed by atoms with E-state index in [1.54, 1.807) is 39.5 Å². The Balaban J connectivity index is 2.93. The van der Waals surface area contributed by atoms with Gasteiger partial charge in [0.1, 0.15) is 11.6 Å². The summed E-state index contributed by atoms with van der Waals surface area (Å²) in [6.07, 6.45) is -0.984. The van der Waals surface area contributed by atoms with Crippen LogP contribution < -0.4 is 10.6 Å². The number of amides is 2. The lowest BCUT2D eigenvalue weighted by Crippen LogP contribution is -2.55. The molecule has 1 aliphatic heterocycles. The molecule has 9 nitrogen and oxygen atoms in total. The number of piperazine rings is 1. The van der Waals surface area contributed by atoms with Crippen molar-refractivity contribution in [3.8, 4) is 0 Å². The van der Waals surface area contributed by atoms with Crippen LogP contribution in [0.25, 0.3) is 0 Å². The van der Waals surface area contributed by atoms with Crippen LogP contribution in [-0.2, 0) is 23.1 Å². The quantitative estimate of drug-likeness (QED) is 0.603. The fourth-order valence-electron chi connectivity index (χ4n) is 2.50. The molecule has 1 atom stereocenters. The van der Waals surface area contributed by atoms with Gasteiger partial charge in [-0.1, -0.05) is 0 Å². The molecule has 0 aromatic rings. The number of nitrogens with one attached hydrogen (secondary N) is 2. The zero-order chi connectivity index (χ0) is 19.8. The topological polar surface area (TPSA) is 106 Å². The minimum absolute atomic E-state index is 0.179. The van der Waals surface area contributed by atoms with E-state index in [0.29, 0.717) is 26.2 Å². The Morgan fingerprint density at radius 1 is 1.15 bits per heavy atom. The second-order valence-corrected chi connectivity index (χ2v) is 9.01.